The molecule has 1 saturated heterocycles. The lowest BCUT2D eigenvalue weighted by Crippen LogP contribution is -2.32. The van der Waals surface area contributed by atoms with E-state index in [1.165, 1.54) is 11.8 Å². The molecule has 2 aromatic carbocycles. The molecule has 6 nitrogen and oxygen atoms in total. The molecule has 0 aromatic heterocycles. The molecule has 0 saturated carbocycles. The summed E-state index contributed by atoms with van der Waals surface area (Å²) in [6.45, 7) is 3.31. The van der Waals surface area contributed by atoms with Crippen LogP contribution < -0.4 is 9.47 Å². The highest BCUT2D eigenvalue weighted by Gasteiger charge is 2.33. The van der Waals surface area contributed by atoms with Crippen molar-refractivity contribution < 1.29 is 19.0 Å². The van der Waals surface area contributed by atoms with E-state index in [4.69, 9.17) is 20.6 Å². The van der Waals surface area contributed by atoms with Gasteiger partial charge in [0.15, 0.2) is 16.7 Å². The van der Waals surface area contributed by atoms with Crippen LogP contribution in [0, 0.1) is 12.3 Å². The van der Waals surface area contributed by atoms with E-state index in [9.17, 15) is 4.79 Å². The molecule has 0 aliphatic carbocycles. The number of carbonyl (C=O) groups excluding carboxylic acids is 1. The summed E-state index contributed by atoms with van der Waals surface area (Å²) < 4.78 is 17.2. The number of para-hydroxylation sites is 1. The van der Waals surface area contributed by atoms with E-state index in [2.05, 4.69) is 26.8 Å². The van der Waals surface area contributed by atoms with E-state index >= 15 is 0 Å². The Morgan fingerprint density at radius 2 is 2.03 bits per heavy atom. The SMILES string of the molecule is C#CCOc1c(Br)cc(/C=C2/SC(=Nc3ccccc3)N(CCOC)C2=O)cc1OCC. The summed E-state index contributed by atoms with van der Waals surface area (Å²) in [5.74, 6) is 3.41. The molecular formula is C24H23BrN2O4S. The number of carbonyl (C=O) groups is 1. The highest BCUT2D eigenvalue weighted by molar-refractivity contribution is 9.10. The minimum Gasteiger partial charge on any atom is -0.490 e. The molecule has 1 heterocycles. The maximum atomic E-state index is 13.1. The number of benzene rings is 2. The molecule has 1 fully saturated rings. The van der Waals surface area contributed by atoms with Gasteiger partial charge in [-0.1, -0.05) is 24.1 Å². The lowest BCUT2D eigenvalue weighted by Gasteiger charge is -2.14. The quantitative estimate of drug-likeness (QED) is 0.343. The Morgan fingerprint density at radius 1 is 1.25 bits per heavy atom. The van der Waals surface area contributed by atoms with E-state index in [-0.39, 0.29) is 12.5 Å². The number of amidine groups is 1. The molecule has 0 unspecified atom stereocenters. The minimum absolute atomic E-state index is 0.122. The van der Waals surface area contributed by atoms with Crippen molar-refractivity contribution in [3.8, 4) is 23.8 Å². The summed E-state index contributed by atoms with van der Waals surface area (Å²) in [6.07, 6.45) is 7.13. The first kappa shape index (κ1) is 23.9. The number of rotatable bonds is 9. The molecule has 166 valence electrons. The molecule has 32 heavy (non-hydrogen) atoms. The predicted molar refractivity (Wildman–Crippen MR) is 132 cm³/mol. The van der Waals surface area contributed by atoms with Gasteiger partial charge in [0.2, 0.25) is 0 Å². The van der Waals surface area contributed by atoms with Gasteiger partial charge in [0, 0.05) is 7.11 Å². The first-order valence-corrected chi connectivity index (χ1v) is 11.5. The van der Waals surface area contributed by atoms with E-state index in [0.29, 0.717) is 45.8 Å². The second-order valence-electron chi connectivity index (χ2n) is 6.55. The van der Waals surface area contributed by atoms with Crippen LogP contribution in [0.25, 0.3) is 6.08 Å². The normalized spacial score (nSPS) is 15.9. The number of methoxy groups -OCH3 is 1. The maximum absolute atomic E-state index is 13.1. The third-order valence-electron chi connectivity index (χ3n) is 4.32. The van der Waals surface area contributed by atoms with Crippen molar-refractivity contribution in [1.29, 1.82) is 0 Å². The van der Waals surface area contributed by atoms with Gasteiger partial charge in [-0.25, -0.2) is 4.99 Å². The number of hydrogen-bond donors (Lipinski definition) is 0. The average molecular weight is 515 g/mol. The van der Waals surface area contributed by atoms with Gasteiger partial charge in [0.05, 0.1) is 34.8 Å². The number of terminal acetylenes is 1. The number of ether oxygens (including phenoxy) is 3. The number of thioether (sulfide) groups is 1. The Bertz CT molecular complexity index is 1060. The third-order valence-corrected chi connectivity index (χ3v) is 5.91. The van der Waals surface area contributed by atoms with Crippen molar-refractivity contribution >= 4 is 50.5 Å². The number of halogens is 1. The summed E-state index contributed by atoms with van der Waals surface area (Å²) in [6, 6.07) is 13.2. The van der Waals surface area contributed by atoms with Crippen LogP contribution in [-0.2, 0) is 9.53 Å². The lowest BCUT2D eigenvalue weighted by atomic mass is 10.2. The summed E-state index contributed by atoms with van der Waals surface area (Å²) in [5, 5.41) is 0.613. The monoisotopic (exact) mass is 514 g/mol. The summed E-state index contributed by atoms with van der Waals surface area (Å²) in [7, 11) is 1.61. The van der Waals surface area contributed by atoms with Crippen LogP contribution in [-0.4, -0.2) is 49.4 Å². The van der Waals surface area contributed by atoms with Crippen LogP contribution in [0.5, 0.6) is 11.5 Å². The second kappa shape index (κ2) is 11.8. The Labute approximate surface area is 200 Å². The van der Waals surface area contributed by atoms with Gasteiger partial charge in [0.1, 0.15) is 6.61 Å². The maximum Gasteiger partial charge on any atom is 0.266 e. The molecule has 8 heteroatoms. The fraction of sp³-hybridized carbons (Fsp3) is 0.250. The van der Waals surface area contributed by atoms with Crippen LogP contribution in [0.4, 0.5) is 5.69 Å². The fourth-order valence-corrected chi connectivity index (χ4v) is 4.52. The second-order valence-corrected chi connectivity index (χ2v) is 8.41. The van der Waals surface area contributed by atoms with Gasteiger partial charge in [0.25, 0.3) is 5.91 Å². The zero-order valence-corrected chi connectivity index (χ0v) is 20.2. The molecule has 0 spiro atoms. The van der Waals surface area contributed by atoms with Crippen molar-refractivity contribution in [2.45, 2.75) is 6.92 Å². The molecular weight excluding hydrogens is 492 g/mol. The molecule has 1 aliphatic rings. The standard InChI is InChI=1S/C24H23BrN2O4S/c1-4-12-31-22-19(25)14-17(15-20(22)30-5-2)16-21-23(28)27(11-13-29-3)24(32-21)26-18-9-7-6-8-10-18/h1,6-10,14-16H,5,11-13H2,2-3H3/b21-16+,26-24?. The van der Waals surface area contributed by atoms with E-state index in [1.807, 2.05) is 55.5 Å². The van der Waals surface area contributed by atoms with Crippen LogP contribution in [0.3, 0.4) is 0 Å². The third kappa shape index (κ3) is 5.94. The van der Waals surface area contributed by atoms with Crippen LogP contribution in [0.2, 0.25) is 0 Å². The fourth-order valence-electron chi connectivity index (χ4n) is 2.92. The molecule has 0 N–H and O–H groups in total. The molecule has 0 radical (unpaired) electrons. The van der Waals surface area contributed by atoms with Crippen molar-refractivity contribution in [3.63, 3.8) is 0 Å². The molecule has 0 atom stereocenters. The average Bonchev–Trinajstić information content (AvgIpc) is 3.06. The number of amides is 1. The lowest BCUT2D eigenvalue weighted by molar-refractivity contribution is -0.122. The summed E-state index contributed by atoms with van der Waals surface area (Å²) >= 11 is 4.85. The smallest absolute Gasteiger partial charge is 0.266 e. The first-order chi connectivity index (χ1) is 15.6. The van der Waals surface area contributed by atoms with Crippen molar-refractivity contribution in [3.05, 3.63) is 57.4 Å². The first-order valence-electron chi connectivity index (χ1n) is 9.94. The van der Waals surface area contributed by atoms with Gasteiger partial charge in [-0.3, -0.25) is 9.69 Å². The summed E-state index contributed by atoms with van der Waals surface area (Å²) in [5.41, 5.74) is 1.57. The van der Waals surface area contributed by atoms with Gasteiger partial charge in [-0.15, -0.1) is 6.42 Å². The van der Waals surface area contributed by atoms with Crippen molar-refractivity contribution in [1.82, 2.24) is 4.90 Å². The van der Waals surface area contributed by atoms with E-state index in [1.54, 1.807) is 12.0 Å². The molecule has 1 amide bonds. The minimum atomic E-state index is -0.122. The number of hydrogen-bond acceptors (Lipinski definition) is 6. The van der Waals surface area contributed by atoms with Gasteiger partial charge in [-0.05, 0) is 70.5 Å². The zero-order chi connectivity index (χ0) is 22.9. The van der Waals surface area contributed by atoms with Crippen LogP contribution in [0.15, 0.2) is 56.8 Å². The van der Waals surface area contributed by atoms with Gasteiger partial charge >= 0.3 is 0 Å². The topological polar surface area (TPSA) is 60.4 Å². The number of aliphatic imine (C=N–C) groups is 1. The van der Waals surface area contributed by atoms with E-state index in [0.717, 1.165) is 11.3 Å². The van der Waals surface area contributed by atoms with Crippen LogP contribution >= 0.6 is 27.7 Å². The Kier molecular flexibility index (Phi) is 8.80. The van der Waals surface area contributed by atoms with Gasteiger partial charge in [-0.2, -0.15) is 0 Å². The highest BCUT2D eigenvalue weighted by Crippen LogP contribution is 2.39. The van der Waals surface area contributed by atoms with Gasteiger partial charge < -0.3 is 14.2 Å². The Hall–Kier alpha value is -2.73. The highest BCUT2D eigenvalue weighted by atomic mass is 79.9. The molecule has 0 bridgehead atoms. The molecule has 3 rings (SSSR count). The van der Waals surface area contributed by atoms with Crippen molar-refractivity contribution in [2.75, 3.05) is 33.5 Å². The van der Waals surface area contributed by atoms with Crippen molar-refractivity contribution in [2.24, 2.45) is 4.99 Å². The van der Waals surface area contributed by atoms with Crippen LogP contribution in [0.1, 0.15) is 12.5 Å². The summed E-state index contributed by atoms with van der Waals surface area (Å²) in [4.78, 5) is 20.0. The zero-order valence-electron chi connectivity index (χ0n) is 17.8. The van der Waals surface area contributed by atoms with E-state index < -0.39 is 0 Å². The largest absolute Gasteiger partial charge is 0.490 e. The Balaban J connectivity index is 1.96. The Morgan fingerprint density at radius 3 is 2.72 bits per heavy atom. The predicted octanol–water partition coefficient (Wildman–Crippen LogP) is 5.11. The molecule has 1 aliphatic heterocycles. The molecule has 2 aromatic rings. The number of nitrogens with zero attached hydrogens (tertiary/aromatic N) is 2.